The Morgan fingerprint density at radius 1 is 1.32 bits per heavy atom. The van der Waals surface area contributed by atoms with Gasteiger partial charge in [-0.2, -0.15) is 10.2 Å². The van der Waals surface area contributed by atoms with Gasteiger partial charge in [0, 0.05) is 16.3 Å². The number of amides is 1. The van der Waals surface area contributed by atoms with Crippen LogP contribution >= 0.6 is 11.3 Å². The summed E-state index contributed by atoms with van der Waals surface area (Å²) in [6.07, 6.45) is 4.09. The largest absolute Gasteiger partial charge is 0.310 e. The standard InChI is InChI=1S/C17H16N6OS/c1-9-7-10(2)23-17(19-9)20-14(22-23)15(24)21-16-12(8-18)11-5-3-4-6-13(11)25-16/h7H,3-6H2,1-2H3,(H,21,24). The van der Waals surface area contributed by atoms with Gasteiger partial charge in [-0.25, -0.2) is 9.50 Å². The minimum absolute atomic E-state index is 0.0523. The third-order valence-electron chi connectivity index (χ3n) is 4.33. The van der Waals surface area contributed by atoms with E-state index < -0.39 is 5.91 Å². The molecule has 0 radical (unpaired) electrons. The highest BCUT2D eigenvalue weighted by Crippen LogP contribution is 2.37. The zero-order valence-electron chi connectivity index (χ0n) is 14.0. The van der Waals surface area contributed by atoms with E-state index in [2.05, 4.69) is 26.5 Å². The van der Waals surface area contributed by atoms with E-state index in [1.54, 1.807) is 4.52 Å². The predicted octanol–water partition coefficient (Wildman–Crippen LogP) is 2.81. The number of carbonyl (C=O) groups is 1. The van der Waals surface area contributed by atoms with E-state index >= 15 is 0 Å². The van der Waals surface area contributed by atoms with Crippen molar-refractivity contribution < 1.29 is 4.79 Å². The molecule has 0 atom stereocenters. The van der Waals surface area contributed by atoms with Crippen molar-refractivity contribution in [3.05, 3.63) is 39.3 Å². The fourth-order valence-electron chi connectivity index (χ4n) is 3.19. The van der Waals surface area contributed by atoms with E-state index in [1.165, 1.54) is 16.2 Å². The molecule has 126 valence electrons. The number of aromatic nitrogens is 4. The molecule has 1 amide bonds. The normalized spacial score (nSPS) is 13.5. The van der Waals surface area contributed by atoms with Crippen LogP contribution in [0.5, 0.6) is 0 Å². The summed E-state index contributed by atoms with van der Waals surface area (Å²) in [5.41, 5.74) is 3.35. The van der Waals surface area contributed by atoms with Crippen LogP contribution in [0.4, 0.5) is 5.00 Å². The van der Waals surface area contributed by atoms with Gasteiger partial charge in [0.25, 0.3) is 11.7 Å². The molecule has 1 N–H and O–H groups in total. The van der Waals surface area contributed by atoms with Gasteiger partial charge in [0.1, 0.15) is 11.1 Å². The molecule has 25 heavy (non-hydrogen) atoms. The molecule has 0 saturated carbocycles. The quantitative estimate of drug-likeness (QED) is 0.765. The van der Waals surface area contributed by atoms with Gasteiger partial charge in [0.15, 0.2) is 0 Å². The predicted molar refractivity (Wildman–Crippen MR) is 93.9 cm³/mol. The van der Waals surface area contributed by atoms with E-state index in [0.29, 0.717) is 16.3 Å². The number of nitrogens with one attached hydrogen (secondary N) is 1. The number of rotatable bonds is 2. The van der Waals surface area contributed by atoms with Crippen LogP contribution in [-0.2, 0) is 12.8 Å². The van der Waals surface area contributed by atoms with Gasteiger partial charge < -0.3 is 5.32 Å². The highest BCUT2D eigenvalue weighted by molar-refractivity contribution is 7.16. The summed E-state index contributed by atoms with van der Waals surface area (Å²) in [6.45, 7) is 3.76. The lowest BCUT2D eigenvalue weighted by molar-refractivity contribution is 0.101. The minimum Gasteiger partial charge on any atom is -0.310 e. The second-order valence-corrected chi connectivity index (χ2v) is 7.27. The first-order valence-electron chi connectivity index (χ1n) is 8.14. The molecule has 0 saturated heterocycles. The lowest BCUT2D eigenvalue weighted by Gasteiger charge is -2.09. The number of aryl methyl sites for hydroxylation is 3. The van der Waals surface area contributed by atoms with Crippen LogP contribution in [0.15, 0.2) is 6.07 Å². The van der Waals surface area contributed by atoms with Crippen molar-refractivity contribution in [2.24, 2.45) is 0 Å². The van der Waals surface area contributed by atoms with E-state index in [9.17, 15) is 10.1 Å². The van der Waals surface area contributed by atoms with Crippen molar-refractivity contribution in [2.45, 2.75) is 39.5 Å². The summed E-state index contributed by atoms with van der Waals surface area (Å²) in [4.78, 5) is 22.3. The molecule has 0 unspecified atom stereocenters. The van der Waals surface area contributed by atoms with Crippen LogP contribution in [0.25, 0.3) is 5.78 Å². The topological polar surface area (TPSA) is 96.0 Å². The highest BCUT2D eigenvalue weighted by Gasteiger charge is 2.23. The molecule has 0 spiro atoms. The van der Waals surface area contributed by atoms with Crippen molar-refractivity contribution in [1.29, 1.82) is 5.26 Å². The van der Waals surface area contributed by atoms with Gasteiger partial charge in [0.2, 0.25) is 5.82 Å². The first-order valence-corrected chi connectivity index (χ1v) is 8.95. The lowest BCUT2D eigenvalue weighted by atomic mass is 9.96. The van der Waals surface area contributed by atoms with Gasteiger partial charge in [-0.1, -0.05) is 0 Å². The van der Waals surface area contributed by atoms with Crippen LogP contribution in [0, 0.1) is 25.2 Å². The second-order valence-electron chi connectivity index (χ2n) is 6.17. The molecule has 3 heterocycles. The summed E-state index contributed by atoms with van der Waals surface area (Å²) in [5, 5.41) is 17.1. The molecule has 1 aliphatic rings. The smallest absolute Gasteiger partial charge is 0.296 e. The summed E-state index contributed by atoms with van der Waals surface area (Å²) >= 11 is 1.49. The summed E-state index contributed by atoms with van der Waals surface area (Å²) < 4.78 is 1.55. The van der Waals surface area contributed by atoms with Gasteiger partial charge in [-0.05, 0) is 51.2 Å². The van der Waals surface area contributed by atoms with Crippen LogP contribution in [-0.4, -0.2) is 25.5 Å². The number of carbonyl (C=O) groups excluding carboxylic acids is 1. The average Bonchev–Trinajstić information content (AvgIpc) is 3.15. The van der Waals surface area contributed by atoms with Crippen molar-refractivity contribution in [1.82, 2.24) is 19.6 Å². The third kappa shape index (κ3) is 2.66. The minimum atomic E-state index is -0.419. The Balaban J connectivity index is 1.68. The molecule has 7 nitrogen and oxygen atoms in total. The molecule has 1 aliphatic carbocycles. The molecule has 8 heteroatoms. The van der Waals surface area contributed by atoms with Gasteiger partial charge in [-0.3, -0.25) is 4.79 Å². The van der Waals surface area contributed by atoms with E-state index in [0.717, 1.165) is 42.6 Å². The highest BCUT2D eigenvalue weighted by atomic mass is 32.1. The Hall–Kier alpha value is -2.79. The monoisotopic (exact) mass is 352 g/mol. The molecule has 3 aromatic rings. The van der Waals surface area contributed by atoms with E-state index in [1.807, 2.05) is 19.9 Å². The zero-order valence-corrected chi connectivity index (χ0v) is 14.8. The molecular formula is C17H16N6OS. The molecule has 0 bridgehead atoms. The summed E-state index contributed by atoms with van der Waals surface area (Å²) in [5.74, 6) is 0.0303. The first-order chi connectivity index (χ1) is 12.1. The Labute approximate surface area is 148 Å². The maximum absolute atomic E-state index is 12.6. The maximum atomic E-state index is 12.6. The van der Waals surface area contributed by atoms with E-state index in [4.69, 9.17) is 0 Å². The van der Waals surface area contributed by atoms with Crippen molar-refractivity contribution in [2.75, 3.05) is 5.32 Å². The number of anilines is 1. The van der Waals surface area contributed by atoms with Crippen LogP contribution in [0.3, 0.4) is 0 Å². The number of thiophene rings is 1. The Bertz CT molecular complexity index is 1040. The molecular weight excluding hydrogens is 336 g/mol. The van der Waals surface area contributed by atoms with Crippen molar-refractivity contribution in [3.8, 4) is 6.07 Å². The lowest BCUT2D eigenvalue weighted by Crippen LogP contribution is -2.14. The van der Waals surface area contributed by atoms with Crippen LogP contribution in [0.2, 0.25) is 0 Å². The molecule has 0 aliphatic heterocycles. The Morgan fingerprint density at radius 3 is 2.92 bits per heavy atom. The van der Waals surface area contributed by atoms with Crippen LogP contribution < -0.4 is 5.32 Å². The molecule has 3 aromatic heterocycles. The number of nitriles is 1. The first kappa shape index (κ1) is 15.7. The van der Waals surface area contributed by atoms with E-state index in [-0.39, 0.29) is 5.82 Å². The summed E-state index contributed by atoms with van der Waals surface area (Å²) in [6, 6.07) is 4.12. The third-order valence-corrected chi connectivity index (χ3v) is 5.54. The molecule has 4 rings (SSSR count). The fourth-order valence-corrected chi connectivity index (χ4v) is 4.43. The number of hydrogen-bond acceptors (Lipinski definition) is 6. The number of hydrogen-bond donors (Lipinski definition) is 1. The summed E-state index contributed by atoms with van der Waals surface area (Å²) in [7, 11) is 0. The number of nitrogens with zero attached hydrogens (tertiary/aromatic N) is 5. The zero-order chi connectivity index (χ0) is 17.6. The fraction of sp³-hybridized carbons (Fsp3) is 0.353. The van der Waals surface area contributed by atoms with Gasteiger partial charge in [-0.15, -0.1) is 16.4 Å². The second kappa shape index (κ2) is 5.93. The Morgan fingerprint density at radius 2 is 2.12 bits per heavy atom. The number of fused-ring (bicyclic) bond motifs is 2. The molecule has 0 aromatic carbocycles. The van der Waals surface area contributed by atoms with Gasteiger partial charge in [0.05, 0.1) is 5.56 Å². The Kier molecular flexibility index (Phi) is 3.73. The van der Waals surface area contributed by atoms with Crippen LogP contribution in [0.1, 0.15) is 50.9 Å². The SMILES string of the molecule is Cc1cc(C)n2nc(C(=O)Nc3sc4c(c3C#N)CCCC4)nc2n1. The van der Waals surface area contributed by atoms with Crippen molar-refractivity contribution in [3.63, 3.8) is 0 Å². The maximum Gasteiger partial charge on any atom is 0.296 e. The van der Waals surface area contributed by atoms with Crippen molar-refractivity contribution >= 4 is 28.0 Å². The molecule has 0 fully saturated rings. The van der Waals surface area contributed by atoms with Gasteiger partial charge >= 0.3 is 0 Å². The average molecular weight is 352 g/mol.